The molecule has 0 fully saturated rings. The zero-order chi connectivity index (χ0) is 10.7. The minimum atomic E-state index is 0.126. The molecule has 2 heterocycles. The second kappa shape index (κ2) is 5.14. The number of hydrogen-bond donors (Lipinski definition) is 0. The van der Waals surface area contributed by atoms with Crippen LogP contribution in [0.1, 0.15) is 27.0 Å². The van der Waals surface area contributed by atoms with Crippen LogP contribution in [0, 0.1) is 0 Å². The zero-order valence-corrected chi connectivity index (χ0v) is 10.4. The summed E-state index contributed by atoms with van der Waals surface area (Å²) in [6, 6.07) is 2.05. The van der Waals surface area contributed by atoms with Crippen LogP contribution in [0.2, 0.25) is 0 Å². The van der Waals surface area contributed by atoms with Crippen LogP contribution in [-0.2, 0) is 16.9 Å². The lowest BCUT2D eigenvalue weighted by Gasteiger charge is -2.08. The number of ether oxygens (including phenoxy) is 1. The first-order chi connectivity index (χ1) is 7.31. The zero-order valence-electron chi connectivity index (χ0n) is 8.75. The number of fused-ring (bicyclic) bond motifs is 1. The number of aryl methyl sites for hydroxylation is 1. The molecule has 0 bridgehead atoms. The number of carbonyl (C=O) groups is 1. The van der Waals surface area contributed by atoms with Gasteiger partial charge in [0.25, 0.3) is 0 Å². The number of hydrogen-bond acceptors (Lipinski definition) is 4. The third-order valence-electron chi connectivity index (χ3n) is 2.34. The fraction of sp³-hybridized carbons (Fsp3) is 0.545. The molecule has 0 aliphatic carbocycles. The smallest absolute Gasteiger partial charge is 0.198 e. The molecule has 0 N–H and O–H groups in total. The highest BCUT2D eigenvalue weighted by Crippen LogP contribution is 2.31. The SMILES string of the molecule is CCOCC(=O)c1cc2c(s1)CCSC2. The van der Waals surface area contributed by atoms with Crippen molar-refractivity contribution in [3.63, 3.8) is 0 Å². The first kappa shape index (κ1) is 11.2. The number of thiophene rings is 1. The van der Waals surface area contributed by atoms with E-state index in [0.29, 0.717) is 6.61 Å². The van der Waals surface area contributed by atoms with Crippen LogP contribution >= 0.6 is 23.1 Å². The van der Waals surface area contributed by atoms with Crippen molar-refractivity contribution in [2.24, 2.45) is 0 Å². The monoisotopic (exact) mass is 242 g/mol. The van der Waals surface area contributed by atoms with E-state index in [1.807, 2.05) is 24.8 Å². The number of ketones is 1. The van der Waals surface area contributed by atoms with Crippen LogP contribution in [0.3, 0.4) is 0 Å². The van der Waals surface area contributed by atoms with Gasteiger partial charge in [0.1, 0.15) is 6.61 Å². The van der Waals surface area contributed by atoms with E-state index in [1.165, 1.54) is 16.2 Å². The molecule has 0 saturated carbocycles. The molecule has 2 rings (SSSR count). The Morgan fingerprint density at radius 2 is 2.47 bits per heavy atom. The molecular formula is C11H14O2S2. The Hall–Kier alpha value is -0.320. The molecule has 82 valence electrons. The van der Waals surface area contributed by atoms with Gasteiger partial charge in [0, 0.05) is 17.2 Å². The molecule has 1 aliphatic heterocycles. The van der Waals surface area contributed by atoms with Crippen LogP contribution in [0.15, 0.2) is 6.07 Å². The Morgan fingerprint density at radius 3 is 3.20 bits per heavy atom. The van der Waals surface area contributed by atoms with Crippen molar-refractivity contribution >= 4 is 28.9 Å². The quantitative estimate of drug-likeness (QED) is 0.759. The Morgan fingerprint density at radius 1 is 1.60 bits per heavy atom. The largest absolute Gasteiger partial charge is 0.374 e. The van der Waals surface area contributed by atoms with E-state index in [9.17, 15) is 4.79 Å². The first-order valence-electron chi connectivity index (χ1n) is 5.11. The minimum Gasteiger partial charge on any atom is -0.374 e. The molecule has 15 heavy (non-hydrogen) atoms. The summed E-state index contributed by atoms with van der Waals surface area (Å²) < 4.78 is 5.13. The van der Waals surface area contributed by atoms with Gasteiger partial charge in [0.05, 0.1) is 4.88 Å². The third kappa shape index (κ3) is 2.62. The highest BCUT2D eigenvalue weighted by molar-refractivity contribution is 7.98. The second-order valence-corrected chi connectivity index (χ2v) is 5.66. The fourth-order valence-electron chi connectivity index (χ4n) is 1.55. The summed E-state index contributed by atoms with van der Waals surface area (Å²) in [4.78, 5) is 14.0. The molecule has 4 heteroatoms. The van der Waals surface area contributed by atoms with E-state index in [1.54, 1.807) is 11.3 Å². The van der Waals surface area contributed by atoms with Crippen molar-refractivity contribution < 1.29 is 9.53 Å². The molecule has 0 unspecified atom stereocenters. The molecule has 0 aromatic carbocycles. The summed E-state index contributed by atoms with van der Waals surface area (Å²) in [6.45, 7) is 2.74. The van der Waals surface area contributed by atoms with E-state index in [-0.39, 0.29) is 12.4 Å². The van der Waals surface area contributed by atoms with E-state index < -0.39 is 0 Å². The fourth-order valence-corrected chi connectivity index (χ4v) is 3.85. The number of rotatable bonds is 4. The maximum atomic E-state index is 11.7. The lowest BCUT2D eigenvalue weighted by molar-refractivity contribution is 0.0787. The summed E-state index contributed by atoms with van der Waals surface area (Å²) in [5.74, 6) is 2.38. The van der Waals surface area contributed by atoms with Gasteiger partial charge in [0.15, 0.2) is 5.78 Å². The van der Waals surface area contributed by atoms with Crippen molar-refractivity contribution in [1.29, 1.82) is 0 Å². The Bertz CT molecular complexity index is 334. The Kier molecular flexibility index (Phi) is 3.83. The molecule has 0 atom stereocenters. The van der Waals surface area contributed by atoms with Gasteiger partial charge in [-0.3, -0.25) is 4.79 Å². The maximum Gasteiger partial charge on any atom is 0.198 e. The van der Waals surface area contributed by atoms with E-state index in [0.717, 1.165) is 17.1 Å². The summed E-state index contributed by atoms with van der Waals surface area (Å²) in [6.07, 6.45) is 1.12. The highest BCUT2D eigenvalue weighted by atomic mass is 32.2. The maximum absolute atomic E-state index is 11.7. The van der Waals surface area contributed by atoms with Gasteiger partial charge in [-0.2, -0.15) is 11.8 Å². The van der Waals surface area contributed by atoms with Gasteiger partial charge in [0.2, 0.25) is 0 Å². The molecular weight excluding hydrogens is 228 g/mol. The van der Waals surface area contributed by atoms with Crippen molar-refractivity contribution in [3.8, 4) is 0 Å². The molecule has 0 spiro atoms. The minimum absolute atomic E-state index is 0.126. The molecule has 1 aromatic rings. The van der Waals surface area contributed by atoms with Crippen molar-refractivity contribution in [1.82, 2.24) is 0 Å². The molecule has 1 aliphatic rings. The van der Waals surface area contributed by atoms with Crippen LogP contribution in [-0.4, -0.2) is 24.7 Å². The average Bonchev–Trinajstić information content (AvgIpc) is 2.69. The van der Waals surface area contributed by atoms with Crippen LogP contribution in [0.25, 0.3) is 0 Å². The molecule has 2 nitrogen and oxygen atoms in total. The van der Waals surface area contributed by atoms with Gasteiger partial charge in [-0.05, 0) is 30.7 Å². The molecule has 0 amide bonds. The van der Waals surface area contributed by atoms with Crippen LogP contribution in [0.4, 0.5) is 0 Å². The van der Waals surface area contributed by atoms with Gasteiger partial charge in [-0.15, -0.1) is 11.3 Å². The van der Waals surface area contributed by atoms with Gasteiger partial charge < -0.3 is 4.74 Å². The van der Waals surface area contributed by atoms with Crippen molar-refractivity contribution in [2.45, 2.75) is 19.1 Å². The average molecular weight is 242 g/mol. The molecule has 1 aromatic heterocycles. The first-order valence-corrected chi connectivity index (χ1v) is 7.08. The van der Waals surface area contributed by atoms with Crippen LogP contribution < -0.4 is 0 Å². The van der Waals surface area contributed by atoms with Crippen molar-refractivity contribution in [2.75, 3.05) is 19.0 Å². The highest BCUT2D eigenvalue weighted by Gasteiger charge is 2.17. The summed E-state index contributed by atoms with van der Waals surface area (Å²) in [7, 11) is 0. The summed E-state index contributed by atoms with van der Waals surface area (Å²) in [5.41, 5.74) is 1.36. The Labute approximate surface area is 98.0 Å². The van der Waals surface area contributed by atoms with Gasteiger partial charge in [-0.25, -0.2) is 0 Å². The standard InChI is InChI=1S/C11H14O2S2/c1-2-13-6-9(12)11-5-8-7-14-4-3-10(8)15-11/h5H,2-4,6-7H2,1H3. The normalized spacial score (nSPS) is 15.0. The molecule has 0 saturated heterocycles. The number of carbonyl (C=O) groups excluding carboxylic acids is 1. The third-order valence-corrected chi connectivity index (χ3v) is 4.63. The topological polar surface area (TPSA) is 26.3 Å². The van der Waals surface area contributed by atoms with Crippen LogP contribution in [0.5, 0.6) is 0 Å². The van der Waals surface area contributed by atoms with E-state index in [2.05, 4.69) is 0 Å². The van der Waals surface area contributed by atoms with Gasteiger partial charge >= 0.3 is 0 Å². The number of Topliss-reactive ketones (excluding diaryl/α,β-unsaturated/α-hetero) is 1. The van der Waals surface area contributed by atoms with Crippen molar-refractivity contribution in [3.05, 3.63) is 21.4 Å². The van der Waals surface area contributed by atoms with E-state index in [4.69, 9.17) is 4.74 Å². The van der Waals surface area contributed by atoms with E-state index >= 15 is 0 Å². The summed E-state index contributed by atoms with van der Waals surface area (Å²) in [5, 5.41) is 0. The number of thioether (sulfide) groups is 1. The lowest BCUT2D eigenvalue weighted by atomic mass is 10.2. The Balaban J connectivity index is 2.08. The second-order valence-electron chi connectivity index (χ2n) is 3.42. The predicted molar refractivity (Wildman–Crippen MR) is 65.0 cm³/mol. The molecule has 0 radical (unpaired) electrons. The predicted octanol–water partition coefficient (Wildman–Crippen LogP) is 2.76. The lowest BCUT2D eigenvalue weighted by Crippen LogP contribution is -2.06. The summed E-state index contributed by atoms with van der Waals surface area (Å²) >= 11 is 3.60. The van der Waals surface area contributed by atoms with Gasteiger partial charge in [-0.1, -0.05) is 0 Å².